The SMILES string of the molecule is Cc1cc(NC(=O)C2CC3CC3C2)ccc1S(=O)(=O)Cl. The number of halogens is 1. The van der Waals surface area contributed by atoms with Gasteiger partial charge in [0.05, 0.1) is 4.90 Å². The number of anilines is 1. The summed E-state index contributed by atoms with van der Waals surface area (Å²) in [5.74, 6) is 1.67. The van der Waals surface area contributed by atoms with Gasteiger partial charge in [-0.15, -0.1) is 0 Å². The highest BCUT2D eigenvalue weighted by atomic mass is 35.7. The average molecular weight is 314 g/mol. The molecule has 0 aliphatic heterocycles. The zero-order chi connectivity index (χ0) is 14.5. The summed E-state index contributed by atoms with van der Waals surface area (Å²) in [7, 11) is 1.59. The van der Waals surface area contributed by atoms with Crippen LogP contribution in [0.5, 0.6) is 0 Å². The number of benzene rings is 1. The minimum absolute atomic E-state index is 0.0399. The molecule has 0 radical (unpaired) electrons. The first-order valence-corrected chi connectivity index (χ1v) is 9.01. The van der Waals surface area contributed by atoms with Gasteiger partial charge in [0.1, 0.15) is 0 Å². The van der Waals surface area contributed by atoms with Crippen LogP contribution in [0.1, 0.15) is 24.8 Å². The summed E-state index contributed by atoms with van der Waals surface area (Å²) < 4.78 is 22.6. The van der Waals surface area contributed by atoms with Crippen molar-refractivity contribution in [3.05, 3.63) is 23.8 Å². The fraction of sp³-hybridized carbons (Fsp3) is 0.500. The molecule has 2 fully saturated rings. The number of fused-ring (bicyclic) bond motifs is 1. The number of hydrogen-bond donors (Lipinski definition) is 1. The molecule has 4 nitrogen and oxygen atoms in total. The normalized spacial score (nSPS) is 28.0. The largest absolute Gasteiger partial charge is 0.326 e. The fourth-order valence-electron chi connectivity index (χ4n) is 3.17. The molecule has 2 aliphatic carbocycles. The summed E-state index contributed by atoms with van der Waals surface area (Å²) in [5.41, 5.74) is 1.16. The first-order chi connectivity index (χ1) is 9.34. The van der Waals surface area contributed by atoms with E-state index in [2.05, 4.69) is 5.32 Å². The number of hydrogen-bond acceptors (Lipinski definition) is 3. The van der Waals surface area contributed by atoms with Crippen LogP contribution in [-0.4, -0.2) is 14.3 Å². The molecule has 1 aromatic rings. The Bertz CT molecular complexity index is 661. The molecule has 2 saturated carbocycles. The second-order valence-electron chi connectivity index (χ2n) is 5.83. The van der Waals surface area contributed by atoms with E-state index in [1.165, 1.54) is 12.5 Å². The third-order valence-electron chi connectivity index (χ3n) is 4.32. The second-order valence-corrected chi connectivity index (χ2v) is 8.37. The Hall–Kier alpha value is -1.07. The molecule has 1 amide bonds. The van der Waals surface area contributed by atoms with Crippen molar-refractivity contribution in [2.45, 2.75) is 31.1 Å². The van der Waals surface area contributed by atoms with Gasteiger partial charge in [0.15, 0.2) is 0 Å². The van der Waals surface area contributed by atoms with E-state index in [-0.39, 0.29) is 16.7 Å². The van der Waals surface area contributed by atoms with E-state index in [1.807, 2.05) is 0 Å². The van der Waals surface area contributed by atoms with E-state index in [0.29, 0.717) is 11.3 Å². The van der Waals surface area contributed by atoms with E-state index in [4.69, 9.17) is 10.7 Å². The standard InChI is InChI=1S/C14H16ClNO3S/c1-8-4-12(2-3-13(8)20(15,18)19)16-14(17)11-6-9-5-10(9)7-11/h2-4,9-11H,5-7H2,1H3,(H,16,17). The lowest BCUT2D eigenvalue weighted by molar-refractivity contribution is -0.120. The van der Waals surface area contributed by atoms with Crippen LogP contribution in [-0.2, 0) is 13.8 Å². The summed E-state index contributed by atoms with van der Waals surface area (Å²) in [4.78, 5) is 12.2. The molecule has 2 unspecified atom stereocenters. The Morgan fingerprint density at radius 1 is 1.25 bits per heavy atom. The van der Waals surface area contributed by atoms with E-state index >= 15 is 0 Å². The third-order valence-corrected chi connectivity index (χ3v) is 5.80. The monoisotopic (exact) mass is 313 g/mol. The van der Waals surface area contributed by atoms with E-state index in [1.54, 1.807) is 19.1 Å². The predicted octanol–water partition coefficient (Wildman–Crippen LogP) is 2.91. The second kappa shape index (κ2) is 4.74. The Labute approximate surface area is 122 Å². The molecule has 108 valence electrons. The van der Waals surface area contributed by atoms with Crippen molar-refractivity contribution in [2.75, 3.05) is 5.32 Å². The number of nitrogens with one attached hydrogen (secondary N) is 1. The molecule has 3 rings (SSSR count). The van der Waals surface area contributed by atoms with Crippen molar-refractivity contribution < 1.29 is 13.2 Å². The first kappa shape index (κ1) is 13.9. The molecule has 1 aromatic carbocycles. The van der Waals surface area contributed by atoms with Gasteiger partial charge in [-0.25, -0.2) is 8.42 Å². The lowest BCUT2D eigenvalue weighted by Gasteiger charge is -2.13. The van der Waals surface area contributed by atoms with Gasteiger partial charge >= 0.3 is 0 Å². The highest BCUT2D eigenvalue weighted by Gasteiger charge is 2.47. The molecule has 0 aromatic heterocycles. The molecule has 1 N–H and O–H groups in total. The van der Waals surface area contributed by atoms with E-state index < -0.39 is 9.05 Å². The molecule has 2 aliphatic rings. The highest BCUT2D eigenvalue weighted by Crippen LogP contribution is 2.54. The number of amides is 1. The van der Waals surface area contributed by atoms with Crippen molar-refractivity contribution >= 4 is 31.3 Å². The van der Waals surface area contributed by atoms with Crippen molar-refractivity contribution in [3.63, 3.8) is 0 Å². The Morgan fingerprint density at radius 2 is 1.90 bits per heavy atom. The smallest absolute Gasteiger partial charge is 0.261 e. The maximum absolute atomic E-state index is 12.1. The summed E-state index contributed by atoms with van der Waals surface area (Å²) >= 11 is 0. The number of carbonyl (C=O) groups is 1. The minimum Gasteiger partial charge on any atom is -0.326 e. The van der Waals surface area contributed by atoms with Crippen LogP contribution in [0.3, 0.4) is 0 Å². The van der Waals surface area contributed by atoms with Gasteiger partial charge in [0, 0.05) is 22.3 Å². The number of carbonyl (C=O) groups excluding carboxylic acids is 1. The van der Waals surface area contributed by atoms with E-state index in [0.717, 1.165) is 24.7 Å². The van der Waals surface area contributed by atoms with Crippen LogP contribution in [0, 0.1) is 24.7 Å². The Morgan fingerprint density at radius 3 is 2.45 bits per heavy atom. The topological polar surface area (TPSA) is 63.2 Å². The van der Waals surface area contributed by atoms with Gasteiger partial charge in [-0.1, -0.05) is 0 Å². The molecule has 6 heteroatoms. The first-order valence-electron chi connectivity index (χ1n) is 6.71. The van der Waals surface area contributed by atoms with Crippen molar-refractivity contribution in [2.24, 2.45) is 17.8 Å². The van der Waals surface area contributed by atoms with Crippen molar-refractivity contribution in [3.8, 4) is 0 Å². The quantitative estimate of drug-likeness (QED) is 0.873. The predicted molar refractivity (Wildman–Crippen MR) is 77.2 cm³/mol. The maximum atomic E-state index is 12.1. The number of aryl methyl sites for hydroxylation is 1. The van der Waals surface area contributed by atoms with Crippen LogP contribution >= 0.6 is 10.7 Å². The fourth-order valence-corrected chi connectivity index (χ4v) is 4.37. The molecular weight excluding hydrogens is 298 g/mol. The lowest BCUT2D eigenvalue weighted by atomic mass is 10.0. The lowest BCUT2D eigenvalue weighted by Crippen LogP contribution is -2.21. The van der Waals surface area contributed by atoms with Crippen LogP contribution in [0.2, 0.25) is 0 Å². The highest BCUT2D eigenvalue weighted by molar-refractivity contribution is 8.13. The van der Waals surface area contributed by atoms with Gasteiger partial charge in [-0.3, -0.25) is 4.79 Å². The molecule has 0 heterocycles. The zero-order valence-corrected chi connectivity index (χ0v) is 12.7. The van der Waals surface area contributed by atoms with Gasteiger partial charge in [-0.2, -0.15) is 0 Å². The van der Waals surface area contributed by atoms with Gasteiger partial charge in [0.25, 0.3) is 9.05 Å². The Balaban J connectivity index is 1.71. The maximum Gasteiger partial charge on any atom is 0.261 e. The van der Waals surface area contributed by atoms with Gasteiger partial charge < -0.3 is 5.32 Å². The van der Waals surface area contributed by atoms with Gasteiger partial charge in [-0.05, 0) is 61.8 Å². The summed E-state index contributed by atoms with van der Waals surface area (Å²) in [6.45, 7) is 1.66. The summed E-state index contributed by atoms with van der Waals surface area (Å²) in [5, 5.41) is 2.87. The van der Waals surface area contributed by atoms with Crippen molar-refractivity contribution in [1.82, 2.24) is 0 Å². The van der Waals surface area contributed by atoms with Crippen LogP contribution < -0.4 is 5.32 Å². The van der Waals surface area contributed by atoms with Crippen molar-refractivity contribution in [1.29, 1.82) is 0 Å². The molecule has 0 bridgehead atoms. The zero-order valence-electron chi connectivity index (χ0n) is 11.1. The summed E-state index contributed by atoms with van der Waals surface area (Å²) in [6.07, 6.45) is 3.26. The summed E-state index contributed by atoms with van der Waals surface area (Å²) in [6, 6.07) is 4.65. The Kier molecular flexibility index (Phi) is 3.29. The number of rotatable bonds is 3. The van der Waals surface area contributed by atoms with Crippen LogP contribution in [0.4, 0.5) is 5.69 Å². The minimum atomic E-state index is -3.74. The third kappa shape index (κ3) is 2.69. The van der Waals surface area contributed by atoms with E-state index in [9.17, 15) is 13.2 Å². The molecule has 2 atom stereocenters. The van der Waals surface area contributed by atoms with Gasteiger partial charge in [0.2, 0.25) is 5.91 Å². The average Bonchev–Trinajstić information content (AvgIpc) is 2.94. The molecule has 0 spiro atoms. The molecule has 20 heavy (non-hydrogen) atoms. The van der Waals surface area contributed by atoms with Crippen LogP contribution in [0.15, 0.2) is 23.1 Å². The molecular formula is C14H16ClNO3S. The van der Waals surface area contributed by atoms with Crippen LogP contribution in [0.25, 0.3) is 0 Å². The molecule has 0 saturated heterocycles.